The summed E-state index contributed by atoms with van der Waals surface area (Å²) in [4.78, 5) is 13.4. The molecule has 0 saturated carbocycles. The maximum Gasteiger partial charge on any atom is 0.222 e. The second-order valence-electron chi connectivity index (χ2n) is 4.00. The summed E-state index contributed by atoms with van der Waals surface area (Å²) in [6.45, 7) is 3.74. The van der Waals surface area contributed by atoms with Gasteiger partial charge in [-0.2, -0.15) is 0 Å². The van der Waals surface area contributed by atoms with Gasteiger partial charge in [0.15, 0.2) is 0 Å². The maximum absolute atomic E-state index is 11.4. The Morgan fingerprint density at radius 3 is 2.87 bits per heavy atom. The number of amides is 1. The van der Waals surface area contributed by atoms with E-state index in [1.54, 1.807) is 0 Å². The van der Waals surface area contributed by atoms with Gasteiger partial charge >= 0.3 is 0 Å². The fourth-order valence-electron chi connectivity index (χ4n) is 1.90. The van der Waals surface area contributed by atoms with Crippen LogP contribution < -0.4 is 0 Å². The van der Waals surface area contributed by atoms with E-state index in [-0.39, 0.29) is 5.91 Å². The molecule has 0 N–H and O–H groups in total. The monoisotopic (exact) mass is 267 g/mol. The van der Waals surface area contributed by atoms with Gasteiger partial charge < -0.3 is 4.90 Å². The first-order valence-corrected chi connectivity index (χ1v) is 5.99. The first kappa shape index (κ1) is 10.7. The van der Waals surface area contributed by atoms with Gasteiger partial charge in [-0.1, -0.05) is 28.1 Å². The van der Waals surface area contributed by atoms with Gasteiger partial charge in [-0.3, -0.25) is 4.79 Å². The highest BCUT2D eigenvalue weighted by atomic mass is 79.9. The number of halogens is 1. The average Bonchev–Trinajstić information content (AvgIpc) is 2.59. The van der Waals surface area contributed by atoms with E-state index in [2.05, 4.69) is 35.0 Å². The molecule has 0 aromatic heterocycles. The van der Waals surface area contributed by atoms with Crippen LogP contribution in [0.4, 0.5) is 0 Å². The average molecular weight is 268 g/mol. The highest BCUT2D eigenvalue weighted by Crippen LogP contribution is 2.20. The van der Waals surface area contributed by atoms with E-state index in [9.17, 15) is 4.79 Å². The van der Waals surface area contributed by atoms with E-state index < -0.39 is 0 Å². The van der Waals surface area contributed by atoms with Crippen molar-refractivity contribution >= 4 is 21.8 Å². The van der Waals surface area contributed by atoms with Crippen LogP contribution in [0.25, 0.3) is 0 Å². The Balaban J connectivity index is 2.10. The predicted octanol–water partition coefficient (Wildman–Crippen LogP) is 2.88. The third kappa shape index (κ3) is 2.40. The first-order chi connectivity index (χ1) is 7.16. The summed E-state index contributed by atoms with van der Waals surface area (Å²) in [6.07, 6.45) is 1.73. The zero-order valence-electron chi connectivity index (χ0n) is 8.79. The zero-order valence-corrected chi connectivity index (χ0v) is 10.4. The summed E-state index contributed by atoms with van der Waals surface area (Å²) < 4.78 is 1.12. The van der Waals surface area contributed by atoms with Crippen LogP contribution in [0.5, 0.6) is 0 Å². The minimum atomic E-state index is 0.288. The number of hydrogen-bond donors (Lipinski definition) is 0. The molecular formula is C12H14BrNO. The van der Waals surface area contributed by atoms with Crippen molar-refractivity contribution in [2.75, 3.05) is 6.54 Å². The van der Waals surface area contributed by atoms with Gasteiger partial charge in [-0.25, -0.2) is 0 Å². The fraction of sp³-hybridized carbons (Fsp3) is 0.417. The molecule has 1 aliphatic heterocycles. The highest BCUT2D eigenvalue weighted by Gasteiger charge is 2.19. The predicted molar refractivity (Wildman–Crippen MR) is 63.5 cm³/mol. The van der Waals surface area contributed by atoms with Crippen LogP contribution in [-0.2, 0) is 11.3 Å². The molecule has 15 heavy (non-hydrogen) atoms. The number of benzene rings is 1. The van der Waals surface area contributed by atoms with Crippen molar-refractivity contribution in [3.63, 3.8) is 0 Å². The molecule has 0 spiro atoms. The molecule has 2 nitrogen and oxygen atoms in total. The number of carbonyl (C=O) groups is 1. The molecule has 0 bridgehead atoms. The van der Waals surface area contributed by atoms with Gasteiger partial charge in [-0.05, 0) is 30.5 Å². The Bertz CT molecular complexity index is 389. The molecule has 0 radical (unpaired) electrons. The van der Waals surface area contributed by atoms with Gasteiger partial charge in [-0.15, -0.1) is 0 Å². The number of likely N-dealkylation sites (tertiary alicyclic amines) is 1. The summed E-state index contributed by atoms with van der Waals surface area (Å²) in [5, 5.41) is 0. The van der Waals surface area contributed by atoms with E-state index in [0.717, 1.165) is 30.4 Å². The number of nitrogens with zero attached hydrogens (tertiary/aromatic N) is 1. The molecule has 3 heteroatoms. The first-order valence-electron chi connectivity index (χ1n) is 5.19. The van der Waals surface area contributed by atoms with Crippen LogP contribution in [0.15, 0.2) is 22.7 Å². The smallest absolute Gasteiger partial charge is 0.222 e. The fourth-order valence-corrected chi connectivity index (χ4v) is 2.14. The maximum atomic E-state index is 11.4. The summed E-state index contributed by atoms with van der Waals surface area (Å²) >= 11 is 3.47. The van der Waals surface area contributed by atoms with Crippen LogP contribution in [0, 0.1) is 6.92 Å². The lowest BCUT2D eigenvalue weighted by Gasteiger charge is -2.15. The van der Waals surface area contributed by atoms with Crippen LogP contribution in [0.3, 0.4) is 0 Å². The second kappa shape index (κ2) is 4.35. The van der Waals surface area contributed by atoms with E-state index in [4.69, 9.17) is 0 Å². The quantitative estimate of drug-likeness (QED) is 0.807. The Morgan fingerprint density at radius 2 is 2.27 bits per heavy atom. The summed E-state index contributed by atoms with van der Waals surface area (Å²) in [5.74, 6) is 0.288. The van der Waals surface area contributed by atoms with E-state index in [1.807, 2.05) is 11.0 Å². The molecule has 0 unspecified atom stereocenters. The molecule has 0 aliphatic carbocycles. The van der Waals surface area contributed by atoms with E-state index in [1.165, 1.54) is 11.1 Å². The highest BCUT2D eigenvalue weighted by molar-refractivity contribution is 9.10. The Kier molecular flexibility index (Phi) is 3.10. The van der Waals surface area contributed by atoms with Crippen LogP contribution in [0.2, 0.25) is 0 Å². The van der Waals surface area contributed by atoms with Gasteiger partial charge in [0, 0.05) is 24.0 Å². The van der Waals surface area contributed by atoms with Gasteiger partial charge in [0.1, 0.15) is 0 Å². The zero-order chi connectivity index (χ0) is 10.8. The number of rotatable bonds is 2. The van der Waals surface area contributed by atoms with Crippen molar-refractivity contribution in [2.45, 2.75) is 26.3 Å². The standard InChI is InChI=1S/C12H14BrNO/c1-9-7-10(4-5-11(9)13)8-14-6-2-3-12(14)15/h4-5,7H,2-3,6,8H2,1H3. The van der Waals surface area contributed by atoms with Crippen molar-refractivity contribution in [1.29, 1.82) is 0 Å². The third-order valence-electron chi connectivity index (χ3n) is 2.77. The molecule has 80 valence electrons. The Morgan fingerprint density at radius 1 is 1.47 bits per heavy atom. The van der Waals surface area contributed by atoms with Crippen molar-refractivity contribution < 1.29 is 4.79 Å². The lowest BCUT2D eigenvalue weighted by atomic mass is 10.1. The molecule has 1 saturated heterocycles. The molecule has 0 atom stereocenters. The van der Waals surface area contributed by atoms with Crippen molar-refractivity contribution in [1.82, 2.24) is 4.90 Å². The molecule has 1 aliphatic rings. The minimum absolute atomic E-state index is 0.288. The molecule has 1 amide bonds. The molecule has 1 aromatic carbocycles. The van der Waals surface area contributed by atoms with Crippen LogP contribution >= 0.6 is 15.9 Å². The van der Waals surface area contributed by atoms with E-state index in [0.29, 0.717) is 0 Å². The van der Waals surface area contributed by atoms with Crippen LogP contribution in [-0.4, -0.2) is 17.4 Å². The van der Waals surface area contributed by atoms with Crippen LogP contribution in [0.1, 0.15) is 24.0 Å². The third-order valence-corrected chi connectivity index (χ3v) is 3.66. The minimum Gasteiger partial charge on any atom is -0.338 e. The van der Waals surface area contributed by atoms with Gasteiger partial charge in [0.2, 0.25) is 5.91 Å². The van der Waals surface area contributed by atoms with E-state index >= 15 is 0 Å². The Hall–Kier alpha value is -0.830. The molecule has 2 rings (SSSR count). The summed E-state index contributed by atoms with van der Waals surface area (Å²) in [7, 11) is 0. The lowest BCUT2D eigenvalue weighted by molar-refractivity contribution is -0.128. The molecular weight excluding hydrogens is 254 g/mol. The largest absolute Gasteiger partial charge is 0.338 e. The summed E-state index contributed by atoms with van der Waals surface area (Å²) in [5.41, 5.74) is 2.44. The van der Waals surface area contributed by atoms with Crippen molar-refractivity contribution in [3.8, 4) is 0 Å². The topological polar surface area (TPSA) is 20.3 Å². The Labute approximate surface area is 98.4 Å². The SMILES string of the molecule is Cc1cc(CN2CCCC2=O)ccc1Br. The molecule has 1 fully saturated rings. The molecule has 1 aromatic rings. The van der Waals surface area contributed by atoms with Gasteiger partial charge in [0.05, 0.1) is 0 Å². The van der Waals surface area contributed by atoms with Crippen molar-refractivity contribution in [2.24, 2.45) is 0 Å². The number of carbonyl (C=O) groups excluding carboxylic acids is 1. The van der Waals surface area contributed by atoms with Gasteiger partial charge in [0.25, 0.3) is 0 Å². The lowest BCUT2D eigenvalue weighted by Crippen LogP contribution is -2.23. The molecule has 1 heterocycles. The summed E-state index contributed by atoms with van der Waals surface area (Å²) in [6, 6.07) is 6.25. The number of aryl methyl sites for hydroxylation is 1. The second-order valence-corrected chi connectivity index (χ2v) is 4.86. The normalized spacial score (nSPS) is 16.1. The van der Waals surface area contributed by atoms with Crippen molar-refractivity contribution in [3.05, 3.63) is 33.8 Å². The number of hydrogen-bond acceptors (Lipinski definition) is 1.